The van der Waals surface area contributed by atoms with Gasteiger partial charge in [0.25, 0.3) is 5.91 Å². The largest absolute Gasteiger partial charge is 0.494 e. The predicted octanol–water partition coefficient (Wildman–Crippen LogP) is 4.66. The van der Waals surface area contributed by atoms with Gasteiger partial charge in [-0.05, 0) is 81.0 Å². The Morgan fingerprint density at radius 3 is 2.00 bits per heavy atom. The molecule has 6 nitrogen and oxygen atoms in total. The van der Waals surface area contributed by atoms with Gasteiger partial charge in [-0.3, -0.25) is 14.6 Å². The molecular formula is C32H42N4O2. The summed E-state index contributed by atoms with van der Waals surface area (Å²) in [7, 11) is 4.18. The van der Waals surface area contributed by atoms with E-state index in [0.29, 0.717) is 12.1 Å². The fourth-order valence-corrected chi connectivity index (χ4v) is 4.76. The average Bonchev–Trinajstić information content (AvgIpc) is 3.16. The summed E-state index contributed by atoms with van der Waals surface area (Å²) < 4.78 is 5.87. The molecular weight excluding hydrogens is 472 g/mol. The average molecular weight is 515 g/mol. The Balaban J connectivity index is 1.18. The molecule has 1 saturated heterocycles. The highest BCUT2D eigenvalue weighted by Crippen LogP contribution is 2.16. The molecule has 0 aromatic heterocycles. The highest BCUT2D eigenvalue weighted by molar-refractivity contribution is 5.94. The van der Waals surface area contributed by atoms with Crippen LogP contribution < -0.4 is 10.1 Å². The first-order valence-electron chi connectivity index (χ1n) is 13.8. The number of nitrogens with one attached hydrogen (secondary N) is 1. The number of hydrogen-bond donors (Lipinski definition) is 1. The molecule has 0 aliphatic carbocycles. The fourth-order valence-electron chi connectivity index (χ4n) is 4.76. The summed E-state index contributed by atoms with van der Waals surface area (Å²) in [6.07, 6.45) is 2.19. The molecule has 38 heavy (non-hydrogen) atoms. The van der Waals surface area contributed by atoms with Crippen molar-refractivity contribution in [1.29, 1.82) is 0 Å². The molecule has 1 amide bonds. The Morgan fingerprint density at radius 2 is 1.39 bits per heavy atom. The van der Waals surface area contributed by atoms with Crippen LogP contribution in [0.4, 0.5) is 0 Å². The van der Waals surface area contributed by atoms with Crippen molar-refractivity contribution >= 4 is 5.91 Å². The van der Waals surface area contributed by atoms with E-state index in [0.717, 1.165) is 76.6 Å². The first-order chi connectivity index (χ1) is 18.5. The van der Waals surface area contributed by atoms with Gasteiger partial charge in [-0.15, -0.1) is 0 Å². The Kier molecular flexibility index (Phi) is 10.7. The lowest BCUT2D eigenvalue weighted by atomic mass is 10.1. The smallest absolute Gasteiger partial charge is 0.251 e. The zero-order chi connectivity index (χ0) is 26.6. The van der Waals surface area contributed by atoms with Crippen LogP contribution in [0.15, 0.2) is 78.9 Å². The molecule has 0 bridgehead atoms. The molecule has 6 heteroatoms. The summed E-state index contributed by atoms with van der Waals surface area (Å²) in [5.74, 6) is 0.920. The molecule has 0 spiro atoms. The van der Waals surface area contributed by atoms with Crippen LogP contribution in [0, 0.1) is 0 Å². The summed E-state index contributed by atoms with van der Waals surface area (Å²) in [5, 5.41) is 3.00. The Bertz CT molecular complexity index is 1100. The van der Waals surface area contributed by atoms with Crippen molar-refractivity contribution in [1.82, 2.24) is 20.0 Å². The van der Waals surface area contributed by atoms with Gasteiger partial charge in [0.15, 0.2) is 0 Å². The van der Waals surface area contributed by atoms with E-state index in [1.807, 2.05) is 42.5 Å². The van der Waals surface area contributed by atoms with Crippen LogP contribution in [-0.2, 0) is 19.6 Å². The Hall–Kier alpha value is -3.19. The van der Waals surface area contributed by atoms with Gasteiger partial charge < -0.3 is 15.0 Å². The highest BCUT2D eigenvalue weighted by Gasteiger charge is 2.16. The highest BCUT2D eigenvalue weighted by atomic mass is 16.5. The second-order valence-electron chi connectivity index (χ2n) is 10.4. The number of carbonyl (C=O) groups is 1. The minimum atomic E-state index is -0.0326. The summed E-state index contributed by atoms with van der Waals surface area (Å²) in [6.45, 7) is 8.54. The first kappa shape index (κ1) is 27.8. The minimum Gasteiger partial charge on any atom is -0.494 e. The van der Waals surface area contributed by atoms with E-state index in [2.05, 4.69) is 70.5 Å². The van der Waals surface area contributed by atoms with Gasteiger partial charge >= 0.3 is 0 Å². The third-order valence-electron chi connectivity index (χ3n) is 6.95. The monoisotopic (exact) mass is 514 g/mol. The second-order valence-corrected chi connectivity index (χ2v) is 10.4. The molecule has 0 saturated carbocycles. The molecule has 1 N–H and O–H groups in total. The molecule has 3 aromatic carbocycles. The Morgan fingerprint density at radius 1 is 0.789 bits per heavy atom. The number of rotatable bonds is 12. The van der Waals surface area contributed by atoms with Crippen molar-refractivity contribution in [3.63, 3.8) is 0 Å². The van der Waals surface area contributed by atoms with Crippen LogP contribution in [0.5, 0.6) is 5.75 Å². The normalized spacial score (nSPS) is 14.8. The van der Waals surface area contributed by atoms with Crippen molar-refractivity contribution in [2.24, 2.45) is 0 Å². The molecule has 4 rings (SSSR count). The molecule has 0 unspecified atom stereocenters. The quantitative estimate of drug-likeness (QED) is 0.357. The zero-order valence-corrected chi connectivity index (χ0v) is 22.9. The van der Waals surface area contributed by atoms with Gasteiger partial charge in [0.2, 0.25) is 0 Å². The third kappa shape index (κ3) is 9.28. The molecule has 0 radical (unpaired) electrons. The summed E-state index contributed by atoms with van der Waals surface area (Å²) in [4.78, 5) is 19.8. The molecule has 1 heterocycles. The van der Waals surface area contributed by atoms with Gasteiger partial charge in [0, 0.05) is 44.8 Å². The fraction of sp³-hybridized carbons (Fsp3) is 0.406. The van der Waals surface area contributed by atoms with E-state index in [4.69, 9.17) is 4.74 Å². The molecule has 0 atom stereocenters. The number of amides is 1. The third-order valence-corrected chi connectivity index (χ3v) is 6.95. The molecule has 3 aromatic rings. The lowest BCUT2D eigenvalue weighted by Crippen LogP contribution is -2.30. The van der Waals surface area contributed by atoms with Gasteiger partial charge in [-0.1, -0.05) is 54.6 Å². The van der Waals surface area contributed by atoms with Gasteiger partial charge in [0.1, 0.15) is 5.75 Å². The number of nitrogens with zero attached hydrogens (tertiary/aromatic N) is 3. The number of hydrogen-bond acceptors (Lipinski definition) is 5. The SMILES string of the molecule is CN(C)CCCOc1ccc(CN2CCCN(Cc3ccc(C(=O)NCc4ccccc4)cc3)CC2)cc1. The summed E-state index contributed by atoms with van der Waals surface area (Å²) >= 11 is 0. The molecule has 1 aliphatic heterocycles. The number of ether oxygens (including phenoxy) is 1. The van der Waals surface area contributed by atoms with Gasteiger partial charge in [0.05, 0.1) is 6.61 Å². The second kappa shape index (κ2) is 14.7. The summed E-state index contributed by atoms with van der Waals surface area (Å²) in [5.41, 5.74) is 4.39. The lowest BCUT2D eigenvalue weighted by Gasteiger charge is -2.22. The van der Waals surface area contributed by atoms with Crippen LogP contribution in [0.3, 0.4) is 0 Å². The maximum absolute atomic E-state index is 12.5. The van der Waals surface area contributed by atoms with E-state index in [-0.39, 0.29) is 5.91 Å². The van der Waals surface area contributed by atoms with Gasteiger partial charge in [-0.25, -0.2) is 0 Å². The topological polar surface area (TPSA) is 48.1 Å². The van der Waals surface area contributed by atoms with Crippen molar-refractivity contribution < 1.29 is 9.53 Å². The predicted molar refractivity (Wildman–Crippen MR) is 154 cm³/mol. The standard InChI is InChI=1S/C32H42N4O2/c1-34(2)18-7-23-38-31-16-12-29(13-17-31)26-36-20-6-19-35(21-22-36)25-28-10-14-30(15-11-28)32(37)33-24-27-8-4-3-5-9-27/h3-5,8-17H,6-7,18-26H2,1-2H3,(H,33,37). The van der Waals surface area contributed by atoms with Crippen LogP contribution in [0.1, 0.15) is 39.9 Å². The first-order valence-corrected chi connectivity index (χ1v) is 13.8. The number of benzene rings is 3. The maximum Gasteiger partial charge on any atom is 0.251 e. The lowest BCUT2D eigenvalue weighted by molar-refractivity contribution is 0.0951. The van der Waals surface area contributed by atoms with Crippen molar-refractivity contribution in [2.45, 2.75) is 32.5 Å². The van der Waals surface area contributed by atoms with E-state index in [9.17, 15) is 4.79 Å². The van der Waals surface area contributed by atoms with Crippen LogP contribution in [-0.4, -0.2) is 74.0 Å². The molecule has 202 valence electrons. The van der Waals surface area contributed by atoms with E-state index in [1.165, 1.54) is 11.1 Å². The van der Waals surface area contributed by atoms with Crippen molar-refractivity contribution in [3.8, 4) is 5.75 Å². The van der Waals surface area contributed by atoms with Crippen LogP contribution in [0.25, 0.3) is 0 Å². The molecule has 1 fully saturated rings. The Labute approximate surface area is 228 Å². The maximum atomic E-state index is 12.5. The summed E-state index contributed by atoms with van der Waals surface area (Å²) in [6, 6.07) is 26.6. The van der Waals surface area contributed by atoms with E-state index < -0.39 is 0 Å². The van der Waals surface area contributed by atoms with Crippen molar-refractivity contribution in [2.75, 3.05) is 53.4 Å². The van der Waals surface area contributed by atoms with Crippen LogP contribution >= 0.6 is 0 Å². The van der Waals surface area contributed by atoms with Gasteiger partial charge in [-0.2, -0.15) is 0 Å². The van der Waals surface area contributed by atoms with Crippen molar-refractivity contribution in [3.05, 3.63) is 101 Å². The van der Waals surface area contributed by atoms with E-state index >= 15 is 0 Å². The zero-order valence-electron chi connectivity index (χ0n) is 22.9. The van der Waals surface area contributed by atoms with E-state index in [1.54, 1.807) is 0 Å². The minimum absolute atomic E-state index is 0.0326. The van der Waals surface area contributed by atoms with Crippen LogP contribution in [0.2, 0.25) is 0 Å². The molecule has 1 aliphatic rings. The number of carbonyl (C=O) groups excluding carboxylic acids is 1.